The Morgan fingerprint density at radius 1 is 1.38 bits per heavy atom. The minimum Gasteiger partial charge on any atom is -0.204 e. The molecule has 1 heterocycles. The van der Waals surface area contributed by atoms with Gasteiger partial charge in [0.25, 0.3) is 0 Å². The van der Waals surface area contributed by atoms with Gasteiger partial charge in [0.05, 0.1) is 19.1 Å². The summed E-state index contributed by atoms with van der Waals surface area (Å²) in [6.07, 6.45) is 0. The Kier molecular flexibility index (Phi) is 3.64. The third kappa shape index (κ3) is 2.29. The molecule has 2 aromatic rings. The zero-order valence-electron chi connectivity index (χ0n) is 7.91. The van der Waals surface area contributed by atoms with Crippen LogP contribution >= 0.6 is 39.0 Å². The van der Waals surface area contributed by atoms with E-state index in [0.717, 1.165) is 4.21 Å². The highest BCUT2D eigenvalue weighted by Crippen LogP contribution is 2.36. The van der Waals surface area contributed by atoms with Crippen LogP contribution in [0.5, 0.6) is 0 Å². The summed E-state index contributed by atoms with van der Waals surface area (Å²) in [6, 6.07) is 9.02. The van der Waals surface area contributed by atoms with Crippen LogP contribution in [0.2, 0.25) is 0 Å². The van der Waals surface area contributed by atoms with E-state index < -0.39 is 0 Å². The zero-order valence-corrected chi connectivity index (χ0v) is 11.1. The van der Waals surface area contributed by atoms with Crippen molar-refractivity contribution in [2.75, 3.05) is 0 Å². The quantitative estimate of drug-likeness (QED) is 0.804. The van der Waals surface area contributed by atoms with Crippen molar-refractivity contribution in [2.24, 2.45) is 0 Å². The number of benzene rings is 1. The summed E-state index contributed by atoms with van der Waals surface area (Å²) in [6.45, 7) is 0. The van der Waals surface area contributed by atoms with E-state index in [0.29, 0.717) is 10.5 Å². The van der Waals surface area contributed by atoms with Crippen molar-refractivity contribution in [1.29, 1.82) is 5.26 Å². The molecule has 0 unspecified atom stereocenters. The van der Waals surface area contributed by atoms with E-state index in [4.69, 9.17) is 5.26 Å². The van der Waals surface area contributed by atoms with Gasteiger partial charge in [-0.2, -0.15) is 5.26 Å². The molecule has 1 aromatic heterocycles. The van der Waals surface area contributed by atoms with Crippen LogP contribution in [0.4, 0.5) is 4.39 Å². The molecular weight excluding hydrogens is 309 g/mol. The van der Waals surface area contributed by atoms with E-state index in [-0.39, 0.29) is 10.3 Å². The first kappa shape index (κ1) is 11.6. The molecule has 16 heavy (non-hydrogen) atoms. The molecule has 0 fully saturated rings. The van der Waals surface area contributed by atoms with Crippen molar-refractivity contribution < 1.29 is 4.39 Å². The smallest absolute Gasteiger partial charge is 0.152 e. The minimum absolute atomic E-state index is 0.233. The molecule has 0 aliphatic carbocycles. The van der Waals surface area contributed by atoms with E-state index in [1.165, 1.54) is 11.8 Å². The first-order chi connectivity index (χ1) is 7.72. The Morgan fingerprint density at radius 3 is 2.81 bits per heavy atom. The second-order valence-corrected chi connectivity index (χ2v) is 5.97. The molecule has 0 spiro atoms. The molecule has 2 rings (SSSR count). The van der Waals surface area contributed by atoms with Crippen molar-refractivity contribution in [2.45, 2.75) is 9.10 Å². The van der Waals surface area contributed by atoms with Crippen LogP contribution in [0, 0.1) is 17.1 Å². The number of hydrogen-bond donors (Lipinski definition) is 0. The third-order valence-corrected chi connectivity index (χ3v) is 4.72. The van der Waals surface area contributed by atoms with E-state index in [1.807, 2.05) is 23.6 Å². The van der Waals surface area contributed by atoms with Gasteiger partial charge in [0.1, 0.15) is 6.07 Å². The Morgan fingerprint density at radius 2 is 2.19 bits per heavy atom. The predicted molar refractivity (Wildman–Crippen MR) is 67.3 cm³/mol. The molecule has 80 valence electrons. The maximum Gasteiger partial charge on any atom is 0.152 e. The topological polar surface area (TPSA) is 23.8 Å². The lowest BCUT2D eigenvalue weighted by Crippen LogP contribution is -1.87. The van der Waals surface area contributed by atoms with Crippen molar-refractivity contribution in [3.63, 3.8) is 0 Å². The van der Waals surface area contributed by atoms with Gasteiger partial charge in [-0.1, -0.05) is 17.8 Å². The fourth-order valence-corrected chi connectivity index (χ4v) is 3.46. The van der Waals surface area contributed by atoms with Gasteiger partial charge in [-0.15, -0.1) is 11.3 Å². The first-order valence-corrected chi connectivity index (χ1v) is 6.80. The predicted octanol–water partition coefficient (Wildman–Crippen LogP) is 4.67. The Labute approximate surface area is 109 Å². The number of nitriles is 1. The average molecular weight is 314 g/mol. The second-order valence-electron chi connectivity index (χ2n) is 2.89. The maximum absolute atomic E-state index is 13.8. The highest BCUT2D eigenvalue weighted by atomic mass is 79.9. The van der Waals surface area contributed by atoms with Crippen molar-refractivity contribution in [3.05, 3.63) is 45.5 Å². The van der Waals surface area contributed by atoms with Crippen LogP contribution in [-0.4, -0.2) is 0 Å². The molecule has 0 amide bonds. The molecule has 5 heteroatoms. The zero-order chi connectivity index (χ0) is 11.5. The number of hydrogen-bond acceptors (Lipinski definition) is 3. The Balaban J connectivity index is 2.37. The van der Waals surface area contributed by atoms with Gasteiger partial charge in [0.15, 0.2) is 5.82 Å². The number of halogens is 2. The molecule has 0 atom stereocenters. The summed E-state index contributed by atoms with van der Waals surface area (Å²) < 4.78 is 15.1. The third-order valence-electron chi connectivity index (χ3n) is 1.87. The van der Waals surface area contributed by atoms with E-state index in [1.54, 1.807) is 23.5 Å². The number of rotatable bonds is 2. The average Bonchev–Trinajstić information content (AvgIpc) is 2.78. The molecule has 0 saturated carbocycles. The molecule has 0 N–H and O–H groups in total. The van der Waals surface area contributed by atoms with E-state index in [9.17, 15) is 4.39 Å². The lowest BCUT2D eigenvalue weighted by atomic mass is 10.2. The fraction of sp³-hybridized carbons (Fsp3) is 0. The SMILES string of the molecule is N#Cc1ccc(Sc2cccs2)c(F)c1Br. The van der Waals surface area contributed by atoms with Gasteiger partial charge < -0.3 is 0 Å². The van der Waals surface area contributed by atoms with Gasteiger partial charge in [-0.05, 0) is 39.5 Å². The molecule has 1 nitrogen and oxygen atoms in total. The lowest BCUT2D eigenvalue weighted by Gasteiger charge is -2.03. The van der Waals surface area contributed by atoms with Gasteiger partial charge in [0, 0.05) is 0 Å². The second kappa shape index (κ2) is 5.00. The molecule has 0 radical (unpaired) electrons. The number of thiophene rings is 1. The van der Waals surface area contributed by atoms with Crippen molar-refractivity contribution >= 4 is 39.0 Å². The summed E-state index contributed by atoms with van der Waals surface area (Å²) >= 11 is 6.00. The van der Waals surface area contributed by atoms with Crippen LogP contribution in [-0.2, 0) is 0 Å². The van der Waals surface area contributed by atoms with Gasteiger partial charge in [-0.25, -0.2) is 4.39 Å². The molecular formula is C11H5BrFNS2. The largest absolute Gasteiger partial charge is 0.204 e. The lowest BCUT2D eigenvalue weighted by molar-refractivity contribution is 0.594. The standard InChI is InChI=1S/C11H5BrFNS2/c12-10-7(6-14)3-4-8(11(10)13)16-9-2-1-5-15-9/h1-5H. The molecule has 1 aromatic carbocycles. The van der Waals surface area contributed by atoms with E-state index in [2.05, 4.69) is 15.9 Å². The van der Waals surface area contributed by atoms with Gasteiger partial charge in [-0.3, -0.25) is 0 Å². The molecule has 0 bridgehead atoms. The van der Waals surface area contributed by atoms with Gasteiger partial charge >= 0.3 is 0 Å². The van der Waals surface area contributed by atoms with E-state index >= 15 is 0 Å². The van der Waals surface area contributed by atoms with Crippen LogP contribution in [0.1, 0.15) is 5.56 Å². The van der Waals surface area contributed by atoms with Crippen LogP contribution < -0.4 is 0 Å². The summed E-state index contributed by atoms with van der Waals surface area (Å²) in [5, 5.41) is 10.7. The summed E-state index contributed by atoms with van der Waals surface area (Å²) in [5.41, 5.74) is 0.313. The normalized spacial score (nSPS) is 10.1. The first-order valence-electron chi connectivity index (χ1n) is 4.32. The Hall–Kier alpha value is -0.830. The molecule has 0 saturated heterocycles. The highest BCUT2D eigenvalue weighted by molar-refractivity contribution is 9.10. The molecule has 0 aliphatic rings. The van der Waals surface area contributed by atoms with Gasteiger partial charge in [0.2, 0.25) is 0 Å². The fourth-order valence-electron chi connectivity index (χ4n) is 1.13. The highest BCUT2D eigenvalue weighted by Gasteiger charge is 2.12. The minimum atomic E-state index is -0.377. The summed E-state index contributed by atoms with van der Waals surface area (Å²) in [5.74, 6) is -0.377. The van der Waals surface area contributed by atoms with Crippen molar-refractivity contribution in [1.82, 2.24) is 0 Å². The van der Waals surface area contributed by atoms with Crippen molar-refractivity contribution in [3.8, 4) is 6.07 Å². The monoisotopic (exact) mass is 313 g/mol. The Bertz CT molecular complexity index is 546. The molecule has 0 aliphatic heterocycles. The van der Waals surface area contributed by atoms with Crippen LogP contribution in [0.25, 0.3) is 0 Å². The maximum atomic E-state index is 13.8. The number of nitrogens with zero attached hydrogens (tertiary/aromatic N) is 1. The summed E-state index contributed by atoms with van der Waals surface area (Å²) in [4.78, 5) is 0.522. The van der Waals surface area contributed by atoms with Crippen LogP contribution in [0.3, 0.4) is 0 Å². The summed E-state index contributed by atoms with van der Waals surface area (Å²) in [7, 11) is 0. The van der Waals surface area contributed by atoms with Crippen LogP contribution in [0.15, 0.2) is 43.2 Å².